The van der Waals surface area contributed by atoms with Crippen LogP contribution in [0.5, 0.6) is 0 Å². The zero-order valence-electron chi connectivity index (χ0n) is 11.2. The van der Waals surface area contributed by atoms with E-state index >= 15 is 0 Å². The Hall–Kier alpha value is -2.55. The molecule has 2 aromatic rings. The average Bonchev–Trinajstić information content (AvgIpc) is 2.48. The molecule has 102 valence electrons. The molecule has 0 unspecified atom stereocenters. The fourth-order valence-electron chi connectivity index (χ4n) is 2.07. The van der Waals surface area contributed by atoms with Gasteiger partial charge in [-0.15, -0.1) is 0 Å². The van der Waals surface area contributed by atoms with Crippen LogP contribution in [0.25, 0.3) is 6.08 Å². The fourth-order valence-corrected chi connectivity index (χ4v) is 2.07. The summed E-state index contributed by atoms with van der Waals surface area (Å²) >= 11 is 0. The molecular formula is C17H16NO2-. The van der Waals surface area contributed by atoms with Crippen LogP contribution < -0.4 is 5.11 Å². The molecule has 0 fully saturated rings. The molecule has 0 N–H and O–H groups in total. The molecule has 2 aromatic carbocycles. The number of hydrogen-bond acceptors (Lipinski definition) is 2. The molecule has 0 aliphatic carbocycles. The molecule has 0 aliphatic rings. The van der Waals surface area contributed by atoms with Crippen molar-refractivity contribution in [2.45, 2.75) is 13.1 Å². The molecule has 0 heterocycles. The number of rotatable bonds is 5. The highest BCUT2D eigenvalue weighted by Crippen LogP contribution is 2.14. The standard InChI is InChI=1S/C17H17NO2/c1-2-15-10-6-7-11-16(15)13-18(17(19)20)12-14-8-4-3-5-9-14/h2-11H,1,12-13H2,(H,19,20)/p-1. The molecule has 0 aromatic heterocycles. The average molecular weight is 266 g/mol. The van der Waals surface area contributed by atoms with Gasteiger partial charge in [0.25, 0.3) is 0 Å². The molecule has 3 nitrogen and oxygen atoms in total. The molecule has 1 amide bonds. The van der Waals surface area contributed by atoms with Gasteiger partial charge < -0.3 is 14.8 Å². The summed E-state index contributed by atoms with van der Waals surface area (Å²) in [7, 11) is 0. The van der Waals surface area contributed by atoms with Gasteiger partial charge in [-0.2, -0.15) is 0 Å². The predicted octanol–water partition coefficient (Wildman–Crippen LogP) is 2.68. The number of amides is 1. The van der Waals surface area contributed by atoms with E-state index in [1.165, 1.54) is 4.90 Å². The Bertz CT molecular complexity index is 593. The molecule has 0 radical (unpaired) electrons. The molecule has 20 heavy (non-hydrogen) atoms. The molecule has 0 spiro atoms. The Kier molecular flexibility index (Phi) is 4.56. The monoisotopic (exact) mass is 266 g/mol. The van der Waals surface area contributed by atoms with Crippen molar-refractivity contribution >= 4 is 12.2 Å². The smallest absolute Gasteiger partial charge is 0.137 e. The van der Waals surface area contributed by atoms with Crippen LogP contribution in [-0.4, -0.2) is 11.0 Å². The highest BCUT2D eigenvalue weighted by Gasteiger charge is 2.08. The molecule has 0 aliphatic heterocycles. The van der Waals surface area contributed by atoms with E-state index in [0.29, 0.717) is 13.1 Å². The number of hydrogen-bond donors (Lipinski definition) is 0. The third-order valence-electron chi connectivity index (χ3n) is 3.11. The first kappa shape index (κ1) is 13.9. The lowest BCUT2D eigenvalue weighted by Gasteiger charge is -2.26. The number of carbonyl (C=O) groups is 1. The second kappa shape index (κ2) is 6.57. The van der Waals surface area contributed by atoms with E-state index in [4.69, 9.17) is 0 Å². The maximum Gasteiger partial charge on any atom is 0.137 e. The van der Waals surface area contributed by atoms with Crippen LogP contribution >= 0.6 is 0 Å². The normalized spacial score (nSPS) is 10.0. The highest BCUT2D eigenvalue weighted by atomic mass is 16.4. The van der Waals surface area contributed by atoms with Gasteiger partial charge in [-0.3, -0.25) is 0 Å². The SMILES string of the molecule is C=Cc1ccccc1CN(Cc1ccccc1)C(=O)[O-]. The third kappa shape index (κ3) is 3.48. The van der Waals surface area contributed by atoms with E-state index in [1.807, 2.05) is 54.6 Å². The molecule has 0 atom stereocenters. The van der Waals surface area contributed by atoms with Crippen molar-refractivity contribution in [3.8, 4) is 0 Å². The van der Waals surface area contributed by atoms with Crippen molar-refractivity contribution in [3.05, 3.63) is 77.9 Å². The summed E-state index contributed by atoms with van der Waals surface area (Å²) in [5.41, 5.74) is 2.79. The van der Waals surface area contributed by atoms with Gasteiger partial charge in [0.15, 0.2) is 0 Å². The van der Waals surface area contributed by atoms with E-state index in [9.17, 15) is 9.90 Å². The molecule has 0 bridgehead atoms. The highest BCUT2D eigenvalue weighted by molar-refractivity contribution is 5.63. The third-order valence-corrected chi connectivity index (χ3v) is 3.11. The maximum absolute atomic E-state index is 11.3. The van der Waals surface area contributed by atoms with E-state index in [1.54, 1.807) is 6.08 Å². The Labute approximate surface area is 118 Å². The van der Waals surface area contributed by atoms with Crippen LogP contribution in [0, 0.1) is 0 Å². The maximum atomic E-state index is 11.3. The molecule has 2 rings (SSSR count). The summed E-state index contributed by atoms with van der Waals surface area (Å²) in [6, 6.07) is 17.1. The predicted molar refractivity (Wildman–Crippen MR) is 77.6 cm³/mol. The number of carbonyl (C=O) groups excluding carboxylic acids is 1. The quantitative estimate of drug-likeness (QED) is 0.835. The lowest BCUT2D eigenvalue weighted by Crippen LogP contribution is -2.40. The minimum absolute atomic E-state index is 0.291. The summed E-state index contributed by atoms with van der Waals surface area (Å²) in [5, 5.41) is 11.3. The first-order valence-electron chi connectivity index (χ1n) is 6.41. The summed E-state index contributed by atoms with van der Waals surface area (Å²) in [4.78, 5) is 12.6. The Balaban J connectivity index is 2.18. The first-order valence-corrected chi connectivity index (χ1v) is 6.41. The lowest BCUT2D eigenvalue weighted by atomic mass is 10.1. The van der Waals surface area contributed by atoms with Crippen LogP contribution in [0.15, 0.2) is 61.2 Å². The fraction of sp³-hybridized carbons (Fsp3) is 0.118. The van der Waals surface area contributed by atoms with Gasteiger partial charge >= 0.3 is 0 Å². The van der Waals surface area contributed by atoms with Gasteiger partial charge in [-0.25, -0.2) is 0 Å². The molecule has 0 saturated carbocycles. The minimum Gasteiger partial charge on any atom is -0.530 e. The Morgan fingerprint density at radius 1 is 1.05 bits per heavy atom. The summed E-state index contributed by atoms with van der Waals surface area (Å²) < 4.78 is 0. The van der Waals surface area contributed by atoms with Gasteiger partial charge in [0.05, 0.1) is 0 Å². The van der Waals surface area contributed by atoms with Crippen molar-refractivity contribution in [3.63, 3.8) is 0 Å². The van der Waals surface area contributed by atoms with Crippen LogP contribution in [0.4, 0.5) is 4.79 Å². The van der Waals surface area contributed by atoms with E-state index in [2.05, 4.69) is 6.58 Å². The van der Waals surface area contributed by atoms with Crippen LogP contribution in [0.1, 0.15) is 16.7 Å². The van der Waals surface area contributed by atoms with Crippen molar-refractivity contribution in [1.29, 1.82) is 0 Å². The lowest BCUT2D eigenvalue weighted by molar-refractivity contribution is -0.267. The Morgan fingerprint density at radius 3 is 2.35 bits per heavy atom. The van der Waals surface area contributed by atoms with Crippen molar-refractivity contribution in [2.24, 2.45) is 0 Å². The largest absolute Gasteiger partial charge is 0.530 e. The van der Waals surface area contributed by atoms with Crippen LogP contribution in [-0.2, 0) is 13.1 Å². The van der Waals surface area contributed by atoms with Crippen LogP contribution in [0.2, 0.25) is 0 Å². The topological polar surface area (TPSA) is 43.4 Å². The van der Waals surface area contributed by atoms with Crippen molar-refractivity contribution in [2.75, 3.05) is 0 Å². The van der Waals surface area contributed by atoms with Gasteiger partial charge in [-0.1, -0.05) is 67.3 Å². The first-order chi connectivity index (χ1) is 9.70. The molecular weight excluding hydrogens is 250 g/mol. The van der Waals surface area contributed by atoms with Gasteiger partial charge in [-0.05, 0) is 16.7 Å². The van der Waals surface area contributed by atoms with Gasteiger partial charge in [0, 0.05) is 13.1 Å². The second-order valence-corrected chi connectivity index (χ2v) is 4.51. The minimum atomic E-state index is -1.17. The Morgan fingerprint density at radius 2 is 1.70 bits per heavy atom. The summed E-state index contributed by atoms with van der Waals surface area (Å²) in [6.07, 6.45) is 0.554. The zero-order valence-corrected chi connectivity index (χ0v) is 11.2. The number of benzene rings is 2. The van der Waals surface area contributed by atoms with Crippen molar-refractivity contribution < 1.29 is 9.90 Å². The van der Waals surface area contributed by atoms with E-state index in [-0.39, 0.29) is 0 Å². The number of carboxylic acid groups (broad SMARTS) is 1. The van der Waals surface area contributed by atoms with E-state index in [0.717, 1.165) is 16.7 Å². The van der Waals surface area contributed by atoms with Crippen molar-refractivity contribution in [1.82, 2.24) is 4.90 Å². The number of nitrogens with zero attached hydrogens (tertiary/aromatic N) is 1. The van der Waals surface area contributed by atoms with Gasteiger partial charge in [0.2, 0.25) is 0 Å². The summed E-state index contributed by atoms with van der Waals surface area (Å²) in [6.45, 7) is 4.35. The van der Waals surface area contributed by atoms with Gasteiger partial charge in [0.1, 0.15) is 6.09 Å². The van der Waals surface area contributed by atoms with Crippen LogP contribution in [0.3, 0.4) is 0 Å². The van der Waals surface area contributed by atoms with E-state index < -0.39 is 6.09 Å². The zero-order chi connectivity index (χ0) is 14.4. The molecule has 3 heteroatoms. The summed E-state index contributed by atoms with van der Waals surface area (Å²) in [5.74, 6) is 0. The molecule has 0 saturated heterocycles. The second-order valence-electron chi connectivity index (χ2n) is 4.51.